The van der Waals surface area contributed by atoms with Crippen molar-refractivity contribution < 1.29 is 9.18 Å². The van der Waals surface area contributed by atoms with Gasteiger partial charge in [0.2, 0.25) is 0 Å². The molecule has 0 unspecified atom stereocenters. The molecule has 0 bridgehead atoms. The topological polar surface area (TPSA) is 43.1 Å². The standard InChI is InChI=1S/C16H14FNO/c17-14-9-12(5-6-15(14)18)16(19)13-7-10-3-1-2-4-11(10)8-13/h1-6,9,13H,7-8,18H2. The molecular formula is C16H14FNO. The number of benzene rings is 2. The molecule has 0 saturated carbocycles. The van der Waals surface area contributed by atoms with Crippen molar-refractivity contribution in [2.75, 3.05) is 5.73 Å². The molecular weight excluding hydrogens is 241 g/mol. The zero-order valence-corrected chi connectivity index (χ0v) is 10.4. The maximum Gasteiger partial charge on any atom is 0.166 e. The van der Waals surface area contributed by atoms with E-state index in [-0.39, 0.29) is 17.4 Å². The molecule has 2 nitrogen and oxygen atoms in total. The Balaban J connectivity index is 1.85. The van der Waals surface area contributed by atoms with Gasteiger partial charge in [0, 0.05) is 11.5 Å². The molecule has 0 heterocycles. The third-order valence-electron chi connectivity index (χ3n) is 3.71. The van der Waals surface area contributed by atoms with Crippen LogP contribution in [0.1, 0.15) is 21.5 Å². The zero-order chi connectivity index (χ0) is 13.4. The van der Waals surface area contributed by atoms with Crippen LogP contribution < -0.4 is 5.73 Å². The van der Waals surface area contributed by atoms with Crippen molar-refractivity contribution in [3.05, 3.63) is 65.0 Å². The van der Waals surface area contributed by atoms with Crippen molar-refractivity contribution in [1.29, 1.82) is 0 Å². The molecule has 1 aliphatic rings. The number of carbonyl (C=O) groups is 1. The minimum atomic E-state index is -0.527. The summed E-state index contributed by atoms with van der Waals surface area (Å²) in [7, 11) is 0. The lowest BCUT2D eigenvalue weighted by molar-refractivity contribution is 0.0924. The van der Waals surface area contributed by atoms with Crippen LogP contribution in [0.25, 0.3) is 0 Å². The Labute approximate surface area is 111 Å². The molecule has 2 aromatic carbocycles. The van der Waals surface area contributed by atoms with E-state index in [0.717, 1.165) is 12.8 Å². The maximum atomic E-state index is 13.4. The summed E-state index contributed by atoms with van der Waals surface area (Å²) < 4.78 is 13.4. The van der Waals surface area contributed by atoms with E-state index in [2.05, 4.69) is 0 Å². The van der Waals surface area contributed by atoms with Crippen molar-refractivity contribution in [3.63, 3.8) is 0 Å². The average molecular weight is 255 g/mol. The number of Topliss-reactive ketones (excluding diaryl/α,β-unsaturated/α-hetero) is 1. The number of fused-ring (bicyclic) bond motifs is 1. The number of ketones is 1. The predicted molar refractivity (Wildman–Crippen MR) is 72.5 cm³/mol. The zero-order valence-electron chi connectivity index (χ0n) is 10.4. The minimum Gasteiger partial charge on any atom is -0.396 e. The van der Waals surface area contributed by atoms with Gasteiger partial charge in [-0.3, -0.25) is 4.79 Å². The van der Waals surface area contributed by atoms with Gasteiger partial charge in [-0.05, 0) is 42.2 Å². The van der Waals surface area contributed by atoms with Gasteiger partial charge < -0.3 is 5.73 Å². The van der Waals surface area contributed by atoms with Crippen LogP contribution in [0.4, 0.5) is 10.1 Å². The van der Waals surface area contributed by atoms with Crippen LogP contribution in [0.3, 0.4) is 0 Å². The fraction of sp³-hybridized carbons (Fsp3) is 0.188. The smallest absolute Gasteiger partial charge is 0.166 e. The van der Waals surface area contributed by atoms with Gasteiger partial charge in [0.25, 0.3) is 0 Å². The van der Waals surface area contributed by atoms with E-state index < -0.39 is 5.82 Å². The van der Waals surface area contributed by atoms with Crippen LogP contribution in [-0.2, 0) is 12.8 Å². The summed E-state index contributed by atoms with van der Waals surface area (Å²) in [6, 6.07) is 12.3. The number of hydrogen-bond acceptors (Lipinski definition) is 2. The largest absolute Gasteiger partial charge is 0.396 e. The van der Waals surface area contributed by atoms with Crippen LogP contribution in [0.5, 0.6) is 0 Å². The molecule has 0 amide bonds. The Kier molecular flexibility index (Phi) is 2.82. The Hall–Kier alpha value is -2.16. The lowest BCUT2D eigenvalue weighted by Crippen LogP contribution is -2.15. The second-order valence-electron chi connectivity index (χ2n) is 4.97. The molecule has 96 valence electrons. The highest BCUT2D eigenvalue weighted by Gasteiger charge is 2.28. The number of carbonyl (C=O) groups excluding carboxylic acids is 1. The number of nitrogens with two attached hydrogens (primary N) is 1. The summed E-state index contributed by atoms with van der Waals surface area (Å²) in [6.45, 7) is 0. The molecule has 2 aromatic rings. The van der Waals surface area contributed by atoms with E-state index in [4.69, 9.17) is 5.73 Å². The minimum absolute atomic E-state index is 0.00454. The molecule has 1 aliphatic carbocycles. The molecule has 2 N–H and O–H groups in total. The normalized spacial score (nSPS) is 14.4. The average Bonchev–Trinajstić information content (AvgIpc) is 2.85. The number of anilines is 1. The molecule has 0 aromatic heterocycles. The van der Waals surface area contributed by atoms with Gasteiger partial charge in [-0.15, -0.1) is 0 Å². The molecule has 0 fully saturated rings. The lowest BCUT2D eigenvalue weighted by Gasteiger charge is -2.08. The van der Waals surface area contributed by atoms with E-state index >= 15 is 0 Å². The third-order valence-corrected chi connectivity index (χ3v) is 3.71. The number of nitrogen functional groups attached to an aromatic ring is 1. The lowest BCUT2D eigenvalue weighted by atomic mass is 9.95. The van der Waals surface area contributed by atoms with E-state index in [0.29, 0.717) is 5.56 Å². The Morgan fingerprint density at radius 3 is 2.32 bits per heavy atom. The summed E-state index contributed by atoms with van der Waals surface area (Å²) in [5.74, 6) is -0.614. The third kappa shape index (κ3) is 2.12. The first kappa shape index (κ1) is 11.9. The van der Waals surface area contributed by atoms with Crippen LogP contribution in [0, 0.1) is 11.7 Å². The summed E-state index contributed by atoms with van der Waals surface area (Å²) >= 11 is 0. The molecule has 0 radical (unpaired) electrons. The molecule has 0 saturated heterocycles. The van der Waals surface area contributed by atoms with Gasteiger partial charge >= 0.3 is 0 Å². The van der Waals surface area contributed by atoms with Crippen LogP contribution in [0.15, 0.2) is 42.5 Å². The van der Waals surface area contributed by atoms with E-state index in [9.17, 15) is 9.18 Å². The molecule has 0 spiro atoms. The number of rotatable bonds is 2. The molecule has 3 rings (SSSR count). The highest BCUT2D eigenvalue weighted by Crippen LogP contribution is 2.29. The van der Waals surface area contributed by atoms with Crippen LogP contribution >= 0.6 is 0 Å². The van der Waals surface area contributed by atoms with Gasteiger partial charge in [-0.1, -0.05) is 24.3 Å². The first-order chi connectivity index (χ1) is 9.15. The first-order valence-corrected chi connectivity index (χ1v) is 6.31. The fourth-order valence-corrected chi connectivity index (χ4v) is 2.66. The highest BCUT2D eigenvalue weighted by molar-refractivity contribution is 5.98. The van der Waals surface area contributed by atoms with Gasteiger partial charge in [0.1, 0.15) is 5.82 Å². The molecule has 3 heteroatoms. The van der Waals surface area contributed by atoms with Crippen molar-refractivity contribution in [2.45, 2.75) is 12.8 Å². The Morgan fingerprint density at radius 2 is 1.74 bits per heavy atom. The fourth-order valence-electron chi connectivity index (χ4n) is 2.66. The van der Waals surface area contributed by atoms with Crippen molar-refractivity contribution in [3.8, 4) is 0 Å². The SMILES string of the molecule is Nc1ccc(C(=O)C2Cc3ccccc3C2)cc1F. The van der Waals surface area contributed by atoms with Gasteiger partial charge in [0.15, 0.2) is 5.78 Å². The summed E-state index contributed by atoms with van der Waals surface area (Å²) in [5, 5.41) is 0. The monoisotopic (exact) mass is 255 g/mol. The van der Waals surface area contributed by atoms with Crippen molar-refractivity contribution in [1.82, 2.24) is 0 Å². The predicted octanol–water partition coefficient (Wildman–Crippen LogP) is 3.01. The molecule has 0 atom stereocenters. The van der Waals surface area contributed by atoms with E-state index in [1.165, 1.54) is 23.3 Å². The quantitative estimate of drug-likeness (QED) is 0.662. The van der Waals surface area contributed by atoms with Gasteiger partial charge in [-0.25, -0.2) is 4.39 Å². The molecule has 19 heavy (non-hydrogen) atoms. The van der Waals surface area contributed by atoms with E-state index in [1.807, 2.05) is 24.3 Å². The van der Waals surface area contributed by atoms with Gasteiger partial charge in [0.05, 0.1) is 5.69 Å². The second kappa shape index (κ2) is 4.50. The maximum absolute atomic E-state index is 13.4. The van der Waals surface area contributed by atoms with Crippen molar-refractivity contribution >= 4 is 11.5 Å². The number of halogens is 1. The van der Waals surface area contributed by atoms with Crippen molar-refractivity contribution in [2.24, 2.45) is 5.92 Å². The first-order valence-electron chi connectivity index (χ1n) is 6.31. The Morgan fingerprint density at radius 1 is 1.11 bits per heavy atom. The van der Waals surface area contributed by atoms with Crippen LogP contribution in [-0.4, -0.2) is 5.78 Å². The highest BCUT2D eigenvalue weighted by atomic mass is 19.1. The molecule has 0 aliphatic heterocycles. The van der Waals surface area contributed by atoms with Crippen LogP contribution in [0.2, 0.25) is 0 Å². The van der Waals surface area contributed by atoms with Gasteiger partial charge in [-0.2, -0.15) is 0 Å². The summed E-state index contributed by atoms with van der Waals surface area (Å²) in [4.78, 5) is 12.4. The van der Waals surface area contributed by atoms with E-state index in [1.54, 1.807) is 6.07 Å². The summed E-state index contributed by atoms with van der Waals surface area (Å²) in [6.07, 6.45) is 1.47. The Bertz CT molecular complexity index is 626. The second-order valence-corrected chi connectivity index (χ2v) is 4.97. The number of hydrogen-bond donors (Lipinski definition) is 1. The summed E-state index contributed by atoms with van der Waals surface area (Å²) in [5.41, 5.74) is 8.35.